The standard InChI is InChI=1S/C13H25NOS/c1-15-9-8-14(12-4-5-12)10-13(11-16)6-2-3-7-13/h12,16H,2-11H2,1H3. The van der Waals surface area contributed by atoms with Crippen molar-refractivity contribution in [3.05, 3.63) is 0 Å². The molecule has 2 rings (SSSR count). The predicted octanol–water partition coefficient (Wildman–Crippen LogP) is 2.59. The molecule has 0 aromatic carbocycles. The van der Waals surface area contributed by atoms with E-state index in [9.17, 15) is 0 Å². The molecular weight excluding hydrogens is 218 g/mol. The molecule has 2 saturated carbocycles. The molecular formula is C13H25NOS. The molecule has 94 valence electrons. The van der Waals surface area contributed by atoms with E-state index in [-0.39, 0.29) is 0 Å². The molecule has 0 bridgehead atoms. The number of nitrogens with zero attached hydrogens (tertiary/aromatic N) is 1. The molecule has 0 aliphatic heterocycles. The van der Waals surface area contributed by atoms with Crippen LogP contribution in [0, 0.1) is 5.41 Å². The fraction of sp³-hybridized carbons (Fsp3) is 1.00. The van der Waals surface area contributed by atoms with E-state index in [1.165, 1.54) is 45.1 Å². The lowest BCUT2D eigenvalue weighted by Gasteiger charge is -2.34. The van der Waals surface area contributed by atoms with E-state index >= 15 is 0 Å². The molecule has 0 aromatic rings. The third kappa shape index (κ3) is 3.14. The van der Waals surface area contributed by atoms with E-state index in [0.29, 0.717) is 5.41 Å². The maximum atomic E-state index is 5.22. The Labute approximate surface area is 105 Å². The van der Waals surface area contributed by atoms with Gasteiger partial charge in [-0.1, -0.05) is 12.8 Å². The third-order valence-corrected chi connectivity index (χ3v) is 4.85. The molecule has 16 heavy (non-hydrogen) atoms. The molecule has 0 amide bonds. The van der Waals surface area contributed by atoms with Gasteiger partial charge in [0.15, 0.2) is 0 Å². The smallest absolute Gasteiger partial charge is 0.0589 e. The number of ether oxygens (including phenoxy) is 1. The molecule has 0 unspecified atom stereocenters. The zero-order chi connectivity index (χ0) is 11.4. The summed E-state index contributed by atoms with van der Waals surface area (Å²) in [6, 6.07) is 0.854. The third-order valence-electron chi connectivity index (χ3n) is 4.18. The van der Waals surface area contributed by atoms with Gasteiger partial charge in [0.05, 0.1) is 6.61 Å². The lowest BCUT2D eigenvalue weighted by atomic mass is 9.88. The molecule has 0 atom stereocenters. The first-order valence-electron chi connectivity index (χ1n) is 6.63. The van der Waals surface area contributed by atoms with Crippen molar-refractivity contribution in [3.63, 3.8) is 0 Å². The van der Waals surface area contributed by atoms with Crippen molar-refractivity contribution >= 4 is 12.6 Å². The van der Waals surface area contributed by atoms with Crippen LogP contribution in [0.25, 0.3) is 0 Å². The first-order chi connectivity index (χ1) is 7.79. The van der Waals surface area contributed by atoms with Crippen LogP contribution in [0.15, 0.2) is 0 Å². The second-order valence-corrected chi connectivity index (χ2v) is 5.88. The zero-order valence-electron chi connectivity index (χ0n) is 10.5. The van der Waals surface area contributed by atoms with Gasteiger partial charge < -0.3 is 4.74 Å². The topological polar surface area (TPSA) is 12.5 Å². The maximum absolute atomic E-state index is 5.22. The van der Waals surface area contributed by atoms with Crippen LogP contribution in [0.3, 0.4) is 0 Å². The Morgan fingerprint density at radius 1 is 1.31 bits per heavy atom. The summed E-state index contributed by atoms with van der Waals surface area (Å²) in [6.45, 7) is 3.24. The second-order valence-electron chi connectivity index (χ2n) is 5.56. The number of rotatable bonds is 7. The van der Waals surface area contributed by atoms with Crippen LogP contribution >= 0.6 is 12.6 Å². The highest BCUT2D eigenvalue weighted by Crippen LogP contribution is 2.41. The zero-order valence-corrected chi connectivity index (χ0v) is 11.3. The van der Waals surface area contributed by atoms with Crippen molar-refractivity contribution in [1.29, 1.82) is 0 Å². The summed E-state index contributed by atoms with van der Waals surface area (Å²) >= 11 is 4.60. The summed E-state index contributed by atoms with van der Waals surface area (Å²) in [7, 11) is 1.80. The van der Waals surface area contributed by atoms with Crippen molar-refractivity contribution in [2.45, 2.75) is 44.6 Å². The van der Waals surface area contributed by atoms with E-state index in [2.05, 4.69) is 17.5 Å². The van der Waals surface area contributed by atoms with Crippen LogP contribution in [0.4, 0.5) is 0 Å². The molecule has 0 heterocycles. The molecule has 0 radical (unpaired) electrons. The monoisotopic (exact) mass is 243 g/mol. The Morgan fingerprint density at radius 2 is 2.00 bits per heavy atom. The summed E-state index contributed by atoms with van der Waals surface area (Å²) in [4.78, 5) is 2.66. The van der Waals surface area contributed by atoms with Crippen LogP contribution in [0.1, 0.15) is 38.5 Å². The summed E-state index contributed by atoms with van der Waals surface area (Å²) in [5.74, 6) is 1.06. The van der Waals surface area contributed by atoms with E-state index in [1.807, 2.05) is 0 Å². The predicted molar refractivity (Wildman–Crippen MR) is 71.2 cm³/mol. The molecule has 3 heteroatoms. The highest BCUT2D eigenvalue weighted by atomic mass is 32.1. The highest BCUT2D eigenvalue weighted by molar-refractivity contribution is 7.80. The molecule has 0 spiro atoms. The Balaban J connectivity index is 1.87. The van der Waals surface area contributed by atoms with Crippen molar-refractivity contribution in [2.24, 2.45) is 5.41 Å². The molecule has 2 aliphatic rings. The van der Waals surface area contributed by atoms with Crippen molar-refractivity contribution in [1.82, 2.24) is 4.90 Å². The fourth-order valence-corrected chi connectivity index (χ4v) is 3.38. The first kappa shape index (κ1) is 12.7. The summed E-state index contributed by atoms with van der Waals surface area (Å²) in [5.41, 5.74) is 0.513. The summed E-state index contributed by atoms with van der Waals surface area (Å²) < 4.78 is 5.22. The molecule has 2 fully saturated rings. The minimum absolute atomic E-state index is 0.513. The highest BCUT2D eigenvalue weighted by Gasteiger charge is 2.38. The quantitative estimate of drug-likeness (QED) is 0.690. The summed E-state index contributed by atoms with van der Waals surface area (Å²) in [6.07, 6.45) is 8.37. The van der Waals surface area contributed by atoms with E-state index in [1.54, 1.807) is 7.11 Å². The Hall–Kier alpha value is 0.270. The van der Waals surface area contributed by atoms with Gasteiger partial charge in [0.25, 0.3) is 0 Å². The Morgan fingerprint density at radius 3 is 2.50 bits per heavy atom. The molecule has 2 nitrogen and oxygen atoms in total. The van der Waals surface area contributed by atoms with Crippen LogP contribution in [0.2, 0.25) is 0 Å². The van der Waals surface area contributed by atoms with Gasteiger partial charge in [0, 0.05) is 26.2 Å². The van der Waals surface area contributed by atoms with E-state index < -0.39 is 0 Å². The van der Waals surface area contributed by atoms with Crippen LogP contribution in [0.5, 0.6) is 0 Å². The number of thiol groups is 1. The molecule has 0 saturated heterocycles. The van der Waals surface area contributed by atoms with Crippen molar-refractivity contribution < 1.29 is 4.74 Å². The Bertz CT molecular complexity index is 212. The number of hydrogen-bond acceptors (Lipinski definition) is 3. The normalized spacial score (nSPS) is 24.2. The number of hydrogen-bond donors (Lipinski definition) is 1. The lowest BCUT2D eigenvalue weighted by molar-refractivity contribution is 0.110. The van der Waals surface area contributed by atoms with Crippen LogP contribution in [-0.2, 0) is 4.74 Å². The lowest BCUT2D eigenvalue weighted by Crippen LogP contribution is -2.40. The molecule has 0 N–H and O–H groups in total. The number of methoxy groups -OCH3 is 1. The van der Waals surface area contributed by atoms with Gasteiger partial charge in [-0.15, -0.1) is 0 Å². The average molecular weight is 243 g/mol. The largest absolute Gasteiger partial charge is 0.383 e. The maximum Gasteiger partial charge on any atom is 0.0589 e. The van der Waals surface area contributed by atoms with Crippen LogP contribution < -0.4 is 0 Å². The molecule has 2 aliphatic carbocycles. The van der Waals surface area contributed by atoms with Crippen LogP contribution in [-0.4, -0.2) is 43.5 Å². The Kier molecular flexibility index (Phi) is 4.57. The van der Waals surface area contributed by atoms with Gasteiger partial charge in [0.1, 0.15) is 0 Å². The van der Waals surface area contributed by atoms with Gasteiger partial charge >= 0.3 is 0 Å². The van der Waals surface area contributed by atoms with Gasteiger partial charge in [-0.3, -0.25) is 4.90 Å². The van der Waals surface area contributed by atoms with Gasteiger partial charge in [-0.05, 0) is 36.9 Å². The molecule has 0 aromatic heterocycles. The minimum atomic E-state index is 0.513. The van der Waals surface area contributed by atoms with Crippen molar-refractivity contribution in [3.8, 4) is 0 Å². The second kappa shape index (κ2) is 5.74. The van der Waals surface area contributed by atoms with Gasteiger partial charge in [0.2, 0.25) is 0 Å². The van der Waals surface area contributed by atoms with E-state index in [4.69, 9.17) is 4.74 Å². The van der Waals surface area contributed by atoms with Crippen molar-refractivity contribution in [2.75, 3.05) is 32.6 Å². The fourth-order valence-electron chi connectivity index (χ4n) is 2.96. The minimum Gasteiger partial charge on any atom is -0.383 e. The van der Waals surface area contributed by atoms with Gasteiger partial charge in [-0.2, -0.15) is 12.6 Å². The summed E-state index contributed by atoms with van der Waals surface area (Å²) in [5, 5.41) is 0. The van der Waals surface area contributed by atoms with Gasteiger partial charge in [-0.25, -0.2) is 0 Å². The average Bonchev–Trinajstić information content (AvgIpc) is 3.05. The SMILES string of the molecule is COCCN(CC1(CS)CCCC1)C1CC1. The first-order valence-corrected chi connectivity index (χ1v) is 7.27. The van der Waals surface area contributed by atoms with E-state index in [0.717, 1.165) is 24.9 Å².